The van der Waals surface area contributed by atoms with Crippen molar-refractivity contribution in [3.63, 3.8) is 0 Å². The zero-order valence-electron chi connectivity index (χ0n) is 12.8. The Morgan fingerprint density at radius 3 is 2.81 bits per heavy atom. The lowest BCUT2D eigenvalue weighted by atomic mass is 9.89. The summed E-state index contributed by atoms with van der Waals surface area (Å²) in [5.74, 6) is 2.96. The summed E-state index contributed by atoms with van der Waals surface area (Å²) in [6.07, 6.45) is 10.6. The summed E-state index contributed by atoms with van der Waals surface area (Å²) in [6, 6.07) is 8.90. The summed E-state index contributed by atoms with van der Waals surface area (Å²) in [5.41, 5.74) is 8.60. The van der Waals surface area contributed by atoms with Crippen LogP contribution in [0.3, 0.4) is 0 Å². The molecule has 3 atom stereocenters. The lowest BCUT2D eigenvalue weighted by Crippen LogP contribution is -2.16. The first-order valence-corrected chi connectivity index (χ1v) is 8.62. The fourth-order valence-corrected chi connectivity index (χ4v) is 4.82. The second-order valence-corrected chi connectivity index (χ2v) is 7.15. The second-order valence-electron chi connectivity index (χ2n) is 7.15. The fourth-order valence-electron chi connectivity index (χ4n) is 4.82. The van der Waals surface area contributed by atoms with Crippen molar-refractivity contribution < 1.29 is 0 Å². The van der Waals surface area contributed by atoms with E-state index >= 15 is 0 Å². The van der Waals surface area contributed by atoms with Crippen LogP contribution in [0.1, 0.15) is 37.7 Å². The monoisotopic (exact) mass is 282 g/mol. The maximum Gasteiger partial charge on any atom is 0.0483 e. The van der Waals surface area contributed by atoms with E-state index in [9.17, 15) is 0 Å². The Morgan fingerprint density at radius 1 is 1.14 bits per heavy atom. The summed E-state index contributed by atoms with van der Waals surface area (Å²) in [5, 5.41) is 1.44. The van der Waals surface area contributed by atoms with Crippen LogP contribution >= 0.6 is 0 Å². The first kappa shape index (κ1) is 13.4. The highest BCUT2D eigenvalue weighted by Crippen LogP contribution is 2.49. The van der Waals surface area contributed by atoms with Crippen molar-refractivity contribution in [2.45, 2.75) is 45.1 Å². The topological polar surface area (TPSA) is 30.9 Å². The molecule has 0 spiro atoms. The molecule has 0 amide bonds. The minimum atomic E-state index is 0.784. The SMILES string of the molecule is NCCCc1cn(CC2CC3CCC2C3)c2ccccc12. The molecule has 2 bridgehead atoms. The van der Waals surface area contributed by atoms with Gasteiger partial charge in [-0.1, -0.05) is 24.6 Å². The second kappa shape index (κ2) is 5.49. The van der Waals surface area contributed by atoms with Gasteiger partial charge in [0.1, 0.15) is 0 Å². The number of rotatable bonds is 5. The molecule has 2 nitrogen and oxygen atoms in total. The standard InChI is InChI=1S/C19H26N2/c20-9-3-4-16-12-21(19-6-2-1-5-18(16)19)13-17-11-14-7-8-15(17)10-14/h1-2,5-6,12,14-15,17H,3-4,7-11,13,20H2. The predicted octanol–water partition coefficient (Wildman–Crippen LogP) is 3.97. The van der Waals surface area contributed by atoms with Crippen LogP contribution in [0, 0.1) is 17.8 Å². The van der Waals surface area contributed by atoms with E-state index in [-0.39, 0.29) is 0 Å². The molecule has 21 heavy (non-hydrogen) atoms. The van der Waals surface area contributed by atoms with Gasteiger partial charge in [-0.05, 0) is 68.0 Å². The van der Waals surface area contributed by atoms with Crippen LogP contribution in [0.15, 0.2) is 30.5 Å². The van der Waals surface area contributed by atoms with E-state index in [4.69, 9.17) is 5.73 Å². The van der Waals surface area contributed by atoms with Gasteiger partial charge < -0.3 is 10.3 Å². The molecule has 2 N–H and O–H groups in total. The number of nitrogens with two attached hydrogens (primary N) is 1. The Bertz CT molecular complexity index is 628. The van der Waals surface area contributed by atoms with Gasteiger partial charge in [0.25, 0.3) is 0 Å². The minimum absolute atomic E-state index is 0.784. The van der Waals surface area contributed by atoms with Gasteiger partial charge in [-0.3, -0.25) is 0 Å². The molecule has 0 radical (unpaired) electrons. The molecule has 112 valence electrons. The van der Waals surface area contributed by atoms with Crippen molar-refractivity contribution >= 4 is 10.9 Å². The third-order valence-electron chi connectivity index (χ3n) is 5.84. The highest BCUT2D eigenvalue weighted by molar-refractivity contribution is 5.84. The average molecular weight is 282 g/mol. The van der Waals surface area contributed by atoms with Crippen LogP contribution in [0.25, 0.3) is 10.9 Å². The van der Waals surface area contributed by atoms with Crippen LogP contribution in [0.2, 0.25) is 0 Å². The molecular formula is C19H26N2. The highest BCUT2D eigenvalue weighted by atomic mass is 15.0. The largest absolute Gasteiger partial charge is 0.347 e. The molecule has 2 fully saturated rings. The van der Waals surface area contributed by atoms with Crippen molar-refractivity contribution in [1.82, 2.24) is 4.57 Å². The normalized spacial score (nSPS) is 27.8. The Morgan fingerprint density at radius 2 is 2.05 bits per heavy atom. The van der Waals surface area contributed by atoms with E-state index in [0.717, 1.165) is 37.1 Å². The molecule has 2 saturated carbocycles. The maximum absolute atomic E-state index is 5.69. The lowest BCUT2D eigenvalue weighted by Gasteiger charge is -2.22. The minimum Gasteiger partial charge on any atom is -0.347 e. The molecule has 3 unspecified atom stereocenters. The summed E-state index contributed by atoms with van der Waals surface area (Å²) >= 11 is 0. The van der Waals surface area contributed by atoms with Gasteiger partial charge in [-0.2, -0.15) is 0 Å². The molecule has 2 heteroatoms. The molecule has 0 saturated heterocycles. The smallest absolute Gasteiger partial charge is 0.0483 e. The van der Waals surface area contributed by atoms with Crippen molar-refractivity contribution in [2.75, 3.05) is 6.54 Å². The molecule has 4 rings (SSSR count). The van der Waals surface area contributed by atoms with Gasteiger partial charge in [0, 0.05) is 23.6 Å². The lowest BCUT2D eigenvalue weighted by molar-refractivity contribution is 0.299. The van der Waals surface area contributed by atoms with Gasteiger partial charge in [-0.15, -0.1) is 0 Å². The van der Waals surface area contributed by atoms with E-state index in [2.05, 4.69) is 35.0 Å². The Hall–Kier alpha value is -1.28. The molecule has 2 aliphatic carbocycles. The molecule has 2 aromatic rings. The van der Waals surface area contributed by atoms with Crippen LogP contribution < -0.4 is 5.73 Å². The van der Waals surface area contributed by atoms with Crippen LogP contribution in [0.4, 0.5) is 0 Å². The first-order valence-electron chi connectivity index (χ1n) is 8.62. The Kier molecular flexibility index (Phi) is 3.50. The van der Waals surface area contributed by atoms with Crippen LogP contribution in [0.5, 0.6) is 0 Å². The molecule has 1 aromatic heterocycles. The molecule has 0 aliphatic heterocycles. The number of nitrogens with zero attached hydrogens (tertiary/aromatic N) is 1. The molecule has 2 aliphatic rings. The van der Waals surface area contributed by atoms with Crippen LogP contribution in [-0.4, -0.2) is 11.1 Å². The summed E-state index contributed by atoms with van der Waals surface area (Å²) in [7, 11) is 0. The van der Waals surface area contributed by atoms with Crippen molar-refractivity contribution in [1.29, 1.82) is 0 Å². The van der Waals surface area contributed by atoms with E-state index in [1.807, 2.05) is 0 Å². The van der Waals surface area contributed by atoms with Crippen molar-refractivity contribution in [2.24, 2.45) is 23.5 Å². The van der Waals surface area contributed by atoms with Gasteiger partial charge >= 0.3 is 0 Å². The molecular weight excluding hydrogens is 256 g/mol. The Labute approximate surface area is 127 Å². The quantitative estimate of drug-likeness (QED) is 0.884. The van der Waals surface area contributed by atoms with E-state index < -0.39 is 0 Å². The fraction of sp³-hybridized carbons (Fsp3) is 0.579. The average Bonchev–Trinajstić information content (AvgIpc) is 3.20. The number of hydrogen-bond donors (Lipinski definition) is 1. The number of para-hydroxylation sites is 1. The summed E-state index contributed by atoms with van der Waals surface area (Å²) in [4.78, 5) is 0. The maximum atomic E-state index is 5.69. The summed E-state index contributed by atoms with van der Waals surface area (Å²) < 4.78 is 2.53. The number of hydrogen-bond acceptors (Lipinski definition) is 1. The van der Waals surface area contributed by atoms with Gasteiger partial charge in [0.15, 0.2) is 0 Å². The third kappa shape index (κ3) is 2.40. The van der Waals surface area contributed by atoms with E-state index in [1.54, 1.807) is 0 Å². The Balaban J connectivity index is 1.62. The number of fused-ring (bicyclic) bond motifs is 3. The zero-order valence-corrected chi connectivity index (χ0v) is 12.8. The highest BCUT2D eigenvalue weighted by Gasteiger charge is 2.39. The van der Waals surface area contributed by atoms with Crippen LogP contribution in [-0.2, 0) is 13.0 Å². The third-order valence-corrected chi connectivity index (χ3v) is 5.84. The van der Waals surface area contributed by atoms with Gasteiger partial charge in [0.2, 0.25) is 0 Å². The predicted molar refractivity (Wildman–Crippen MR) is 88.3 cm³/mol. The molecule has 1 heterocycles. The van der Waals surface area contributed by atoms with E-state index in [0.29, 0.717) is 0 Å². The van der Waals surface area contributed by atoms with E-state index in [1.165, 1.54) is 48.7 Å². The first-order chi connectivity index (χ1) is 10.3. The summed E-state index contributed by atoms with van der Waals surface area (Å²) in [6.45, 7) is 2.01. The zero-order chi connectivity index (χ0) is 14.2. The van der Waals surface area contributed by atoms with Gasteiger partial charge in [0.05, 0.1) is 0 Å². The van der Waals surface area contributed by atoms with Crippen molar-refractivity contribution in [3.05, 3.63) is 36.0 Å². The van der Waals surface area contributed by atoms with Gasteiger partial charge in [-0.25, -0.2) is 0 Å². The van der Waals surface area contributed by atoms with Crippen molar-refractivity contribution in [3.8, 4) is 0 Å². The number of benzene rings is 1. The molecule has 1 aromatic carbocycles. The number of aromatic nitrogens is 1. The number of aryl methyl sites for hydroxylation is 1.